The number of phenols is 1. The van der Waals surface area contributed by atoms with Crippen molar-refractivity contribution in [2.24, 2.45) is 0 Å². The maximum absolute atomic E-state index is 11.7. The van der Waals surface area contributed by atoms with Crippen molar-refractivity contribution in [2.75, 3.05) is 0 Å². The number of furan rings is 2. The monoisotopic (exact) mass is 778 g/mol. The zero-order chi connectivity index (χ0) is 40.7. The van der Waals surface area contributed by atoms with Gasteiger partial charge in [0.15, 0.2) is 5.58 Å². The van der Waals surface area contributed by atoms with Gasteiger partial charge in [0.25, 0.3) is 0 Å². The Morgan fingerprint density at radius 3 is 1.95 bits per heavy atom. The Morgan fingerprint density at radius 1 is 0.586 bits per heavy atom. The molecule has 9 rings (SSSR count). The third kappa shape index (κ3) is 6.69. The average molecular weight is 779 g/mol. The van der Waals surface area contributed by atoms with Crippen molar-refractivity contribution in [3.63, 3.8) is 0 Å². The standard InChI is InChI=1S/C52H50N2O3Si/c1-51(2,3)35-24-31(23-34(26-35)40-27-33(21-22-53-40)39-18-14-13-17-38(39)32-15-11-10-12-16-32)25-37-28-36(52(4,5)6)29-41(54-37)46-42(55)30-44-48-47-43(56-50(46)48)19-20-45(49(47)57-44)58(7,8)9/h10-24,26-30,55H,25H2,1-9H3. The Hall–Kier alpha value is -5.98. The number of nitrogens with zero attached hydrogens (tertiary/aromatic N) is 2. The van der Waals surface area contributed by atoms with Crippen molar-refractivity contribution in [1.82, 2.24) is 9.97 Å². The molecule has 9 aromatic rings. The van der Waals surface area contributed by atoms with E-state index in [1.165, 1.54) is 27.4 Å². The Bertz CT molecular complexity index is 2990. The lowest BCUT2D eigenvalue weighted by Crippen LogP contribution is -2.37. The molecule has 0 bridgehead atoms. The van der Waals surface area contributed by atoms with Crippen molar-refractivity contribution in [2.45, 2.75) is 78.4 Å². The number of hydrogen-bond acceptors (Lipinski definition) is 5. The molecule has 0 spiro atoms. The van der Waals surface area contributed by atoms with Crippen LogP contribution in [-0.4, -0.2) is 23.1 Å². The summed E-state index contributed by atoms with van der Waals surface area (Å²) in [6.45, 7) is 20.4. The lowest BCUT2D eigenvalue weighted by atomic mass is 9.83. The van der Waals surface area contributed by atoms with Crippen LogP contribution in [0.3, 0.4) is 0 Å². The Labute approximate surface area is 341 Å². The maximum Gasteiger partial charge on any atom is 0.152 e. The fourth-order valence-corrected chi connectivity index (χ4v) is 9.72. The van der Waals surface area contributed by atoms with Crippen LogP contribution >= 0.6 is 0 Å². The summed E-state index contributed by atoms with van der Waals surface area (Å²) in [4.78, 5) is 10.2. The second kappa shape index (κ2) is 13.6. The summed E-state index contributed by atoms with van der Waals surface area (Å²) in [6, 6.07) is 40.6. The van der Waals surface area contributed by atoms with Crippen LogP contribution in [0.2, 0.25) is 19.6 Å². The Kier molecular flexibility index (Phi) is 8.79. The number of phenolic OH excluding ortho intramolecular Hbond substituents is 1. The minimum absolute atomic E-state index is 0.0935. The van der Waals surface area contributed by atoms with E-state index in [0.29, 0.717) is 28.8 Å². The van der Waals surface area contributed by atoms with Crippen LogP contribution in [0.4, 0.5) is 0 Å². The van der Waals surface area contributed by atoms with Crippen molar-refractivity contribution < 1.29 is 13.9 Å². The molecule has 0 amide bonds. The number of aromatic nitrogens is 2. The van der Waals surface area contributed by atoms with E-state index >= 15 is 0 Å². The number of hydrogen-bond donors (Lipinski definition) is 1. The largest absolute Gasteiger partial charge is 0.507 e. The Balaban J connectivity index is 1.16. The number of rotatable bonds is 7. The van der Waals surface area contributed by atoms with Gasteiger partial charge >= 0.3 is 0 Å². The van der Waals surface area contributed by atoms with Crippen LogP contribution in [0.1, 0.15) is 63.9 Å². The summed E-state index contributed by atoms with van der Waals surface area (Å²) in [7, 11) is -1.73. The van der Waals surface area contributed by atoms with Crippen molar-refractivity contribution in [1.29, 1.82) is 0 Å². The fraction of sp³-hybridized carbons (Fsp3) is 0.231. The van der Waals surface area contributed by atoms with Gasteiger partial charge < -0.3 is 13.9 Å². The van der Waals surface area contributed by atoms with Gasteiger partial charge in [-0.1, -0.05) is 128 Å². The molecule has 5 nitrogen and oxygen atoms in total. The lowest BCUT2D eigenvalue weighted by molar-refractivity contribution is 0.476. The van der Waals surface area contributed by atoms with E-state index in [-0.39, 0.29) is 16.6 Å². The zero-order valence-corrected chi connectivity index (χ0v) is 35.9. The minimum Gasteiger partial charge on any atom is -0.507 e. The SMILES string of the molecule is CC(C)(C)c1cc(Cc2cc(C(C)(C)C)cc(-c3c(O)cc4oc5c([Si](C)(C)C)ccc6oc3c4c65)n2)cc(-c2cc(-c3ccccc3-c3ccccc3)ccn2)c1. The van der Waals surface area contributed by atoms with Gasteiger partial charge in [0.1, 0.15) is 22.5 Å². The first kappa shape index (κ1) is 37.6. The van der Waals surface area contributed by atoms with Gasteiger partial charge in [-0.15, -0.1) is 0 Å². The Morgan fingerprint density at radius 2 is 1.24 bits per heavy atom. The number of aromatic hydroxyl groups is 1. The van der Waals surface area contributed by atoms with Gasteiger partial charge in [0.2, 0.25) is 0 Å². The summed E-state index contributed by atoms with van der Waals surface area (Å²) in [5, 5.41) is 14.9. The van der Waals surface area contributed by atoms with Gasteiger partial charge in [0.05, 0.1) is 35.8 Å². The third-order valence-corrected chi connectivity index (χ3v) is 13.5. The normalized spacial score (nSPS) is 12.7. The van der Waals surface area contributed by atoms with Gasteiger partial charge in [0, 0.05) is 29.9 Å². The quantitative estimate of drug-likeness (QED) is 0.163. The predicted octanol–water partition coefficient (Wildman–Crippen LogP) is 13.7. The highest BCUT2D eigenvalue weighted by Gasteiger charge is 2.30. The van der Waals surface area contributed by atoms with Crippen molar-refractivity contribution in [3.05, 3.63) is 144 Å². The molecule has 0 fully saturated rings. The van der Waals surface area contributed by atoms with Crippen LogP contribution in [0, 0.1) is 0 Å². The van der Waals surface area contributed by atoms with E-state index in [0.717, 1.165) is 55.6 Å². The molecular formula is C52H50N2O3Si. The maximum atomic E-state index is 11.7. The molecule has 0 atom stereocenters. The highest BCUT2D eigenvalue weighted by Crippen LogP contribution is 2.47. The van der Waals surface area contributed by atoms with E-state index in [1.807, 2.05) is 6.20 Å². The first-order chi connectivity index (χ1) is 27.5. The summed E-state index contributed by atoms with van der Waals surface area (Å²) < 4.78 is 13.1. The average Bonchev–Trinajstić information content (AvgIpc) is 3.76. The van der Waals surface area contributed by atoms with E-state index < -0.39 is 8.07 Å². The predicted molar refractivity (Wildman–Crippen MR) is 243 cm³/mol. The highest BCUT2D eigenvalue weighted by atomic mass is 28.3. The second-order valence-electron chi connectivity index (χ2n) is 18.9. The third-order valence-electron chi connectivity index (χ3n) is 11.4. The molecule has 58 heavy (non-hydrogen) atoms. The topological polar surface area (TPSA) is 72.3 Å². The lowest BCUT2D eigenvalue weighted by Gasteiger charge is -2.23. The molecule has 0 saturated heterocycles. The second-order valence-corrected chi connectivity index (χ2v) is 24.0. The molecular weight excluding hydrogens is 729 g/mol. The molecule has 0 aliphatic rings. The molecule has 0 radical (unpaired) electrons. The van der Waals surface area contributed by atoms with Crippen LogP contribution in [-0.2, 0) is 17.3 Å². The number of benzene rings is 5. The van der Waals surface area contributed by atoms with Crippen LogP contribution in [0.5, 0.6) is 5.75 Å². The summed E-state index contributed by atoms with van der Waals surface area (Å²) in [5.41, 5.74) is 15.0. The number of pyridine rings is 2. The van der Waals surface area contributed by atoms with E-state index in [1.54, 1.807) is 6.07 Å². The molecule has 0 aliphatic heterocycles. The van der Waals surface area contributed by atoms with Gasteiger partial charge in [-0.2, -0.15) is 0 Å². The molecule has 4 aromatic heterocycles. The van der Waals surface area contributed by atoms with Gasteiger partial charge in [-0.25, -0.2) is 0 Å². The molecule has 6 heteroatoms. The van der Waals surface area contributed by atoms with E-state index in [2.05, 4.69) is 170 Å². The zero-order valence-electron chi connectivity index (χ0n) is 34.9. The molecule has 290 valence electrons. The smallest absolute Gasteiger partial charge is 0.152 e. The van der Waals surface area contributed by atoms with E-state index in [4.69, 9.17) is 18.8 Å². The minimum atomic E-state index is -1.73. The van der Waals surface area contributed by atoms with Crippen molar-refractivity contribution >= 4 is 46.4 Å². The van der Waals surface area contributed by atoms with E-state index in [9.17, 15) is 5.11 Å². The van der Waals surface area contributed by atoms with Crippen LogP contribution in [0.25, 0.3) is 77.9 Å². The first-order valence-corrected chi connectivity index (χ1v) is 23.7. The van der Waals surface area contributed by atoms with Crippen LogP contribution in [0.15, 0.2) is 130 Å². The first-order valence-electron chi connectivity index (χ1n) is 20.2. The molecule has 0 saturated carbocycles. The molecule has 1 N–H and O–H groups in total. The molecule has 4 heterocycles. The summed E-state index contributed by atoms with van der Waals surface area (Å²) >= 11 is 0. The molecule has 0 aliphatic carbocycles. The van der Waals surface area contributed by atoms with Gasteiger partial charge in [-0.05, 0) is 97.4 Å². The van der Waals surface area contributed by atoms with Gasteiger partial charge in [-0.3, -0.25) is 9.97 Å². The summed E-state index contributed by atoms with van der Waals surface area (Å²) in [6.07, 6.45) is 2.52. The molecule has 0 unspecified atom stereocenters. The van der Waals surface area contributed by atoms with Crippen molar-refractivity contribution in [3.8, 4) is 50.5 Å². The fourth-order valence-electron chi connectivity index (χ4n) is 8.28. The van der Waals surface area contributed by atoms with Crippen LogP contribution < -0.4 is 5.19 Å². The summed E-state index contributed by atoms with van der Waals surface area (Å²) in [5.74, 6) is 0.0935. The highest BCUT2D eigenvalue weighted by molar-refractivity contribution is 6.90. The molecule has 5 aromatic carbocycles.